The first-order valence-corrected chi connectivity index (χ1v) is 6.14. The van der Waals surface area contributed by atoms with E-state index in [9.17, 15) is 9.90 Å². The van der Waals surface area contributed by atoms with Crippen LogP contribution in [-0.4, -0.2) is 42.0 Å². The third kappa shape index (κ3) is 5.15. The highest BCUT2D eigenvalue weighted by atomic mass is 16.5. The summed E-state index contributed by atoms with van der Waals surface area (Å²) in [6.45, 7) is 3.69. The average molecular weight is 268 g/mol. The molecule has 106 valence electrons. The molecule has 0 radical (unpaired) electrons. The van der Waals surface area contributed by atoms with Crippen molar-refractivity contribution in [2.45, 2.75) is 20.0 Å². The monoisotopic (exact) mass is 268 g/mol. The van der Waals surface area contributed by atoms with Gasteiger partial charge >= 0.3 is 0 Å². The number of benzene rings is 1. The van der Waals surface area contributed by atoms with Gasteiger partial charge < -0.3 is 25.6 Å². The summed E-state index contributed by atoms with van der Waals surface area (Å²) in [6.07, 6.45) is -0.860. The third-order valence-corrected chi connectivity index (χ3v) is 2.35. The van der Waals surface area contributed by atoms with Crippen LogP contribution in [0.1, 0.15) is 13.8 Å². The lowest BCUT2D eigenvalue weighted by Crippen LogP contribution is -2.23. The smallest absolute Gasteiger partial charge is 0.221 e. The van der Waals surface area contributed by atoms with Gasteiger partial charge in [0.1, 0.15) is 5.75 Å². The Bertz CT molecular complexity index is 423. The van der Waals surface area contributed by atoms with Crippen LogP contribution >= 0.6 is 0 Å². The van der Waals surface area contributed by atoms with Crippen molar-refractivity contribution in [2.75, 3.05) is 30.4 Å². The number of aliphatic hydroxyl groups is 2. The quantitative estimate of drug-likeness (QED) is 0.587. The lowest BCUT2D eigenvalue weighted by Gasteiger charge is -2.16. The summed E-state index contributed by atoms with van der Waals surface area (Å²) < 4.78 is 5.38. The van der Waals surface area contributed by atoms with Crippen LogP contribution in [0.25, 0.3) is 0 Å². The fourth-order valence-corrected chi connectivity index (χ4v) is 1.52. The number of carbonyl (C=O) groups excluding carboxylic acids is 1. The molecule has 1 rings (SSSR count). The highest BCUT2D eigenvalue weighted by Crippen LogP contribution is 2.27. The van der Waals surface area contributed by atoms with E-state index in [4.69, 9.17) is 9.84 Å². The molecule has 4 N–H and O–H groups in total. The van der Waals surface area contributed by atoms with E-state index in [0.29, 0.717) is 23.7 Å². The van der Waals surface area contributed by atoms with Crippen molar-refractivity contribution in [3.05, 3.63) is 18.2 Å². The van der Waals surface area contributed by atoms with Gasteiger partial charge in [-0.15, -0.1) is 0 Å². The number of hydrogen-bond acceptors (Lipinski definition) is 5. The first-order chi connectivity index (χ1) is 9.06. The molecule has 1 amide bonds. The number of nitrogens with one attached hydrogen (secondary N) is 2. The van der Waals surface area contributed by atoms with Crippen molar-refractivity contribution in [3.8, 4) is 5.75 Å². The van der Waals surface area contributed by atoms with Gasteiger partial charge in [0.15, 0.2) is 0 Å². The predicted octanol–water partition coefficient (Wildman–Crippen LogP) is 0.809. The third-order valence-electron chi connectivity index (χ3n) is 2.35. The Morgan fingerprint density at radius 2 is 2.16 bits per heavy atom. The molecule has 6 nitrogen and oxygen atoms in total. The van der Waals surface area contributed by atoms with Gasteiger partial charge in [0.2, 0.25) is 5.91 Å². The molecular weight excluding hydrogens is 248 g/mol. The number of rotatable bonds is 7. The Balaban J connectivity index is 2.86. The first-order valence-electron chi connectivity index (χ1n) is 6.14. The van der Waals surface area contributed by atoms with E-state index in [0.717, 1.165) is 0 Å². The molecule has 1 aromatic carbocycles. The molecule has 0 bridgehead atoms. The molecular formula is C13H20N2O4. The van der Waals surface area contributed by atoms with Crippen LogP contribution in [0.5, 0.6) is 5.75 Å². The molecule has 1 unspecified atom stereocenters. The van der Waals surface area contributed by atoms with Gasteiger partial charge in [-0.3, -0.25) is 4.79 Å². The van der Waals surface area contributed by atoms with E-state index >= 15 is 0 Å². The van der Waals surface area contributed by atoms with E-state index in [-0.39, 0.29) is 19.1 Å². The van der Waals surface area contributed by atoms with E-state index in [1.165, 1.54) is 6.92 Å². The molecule has 6 heteroatoms. The van der Waals surface area contributed by atoms with Gasteiger partial charge in [0.25, 0.3) is 0 Å². The minimum Gasteiger partial charge on any atom is -0.494 e. The molecule has 0 heterocycles. The Labute approximate surface area is 112 Å². The Morgan fingerprint density at radius 3 is 2.74 bits per heavy atom. The van der Waals surface area contributed by atoms with Crippen molar-refractivity contribution in [3.63, 3.8) is 0 Å². The molecule has 0 spiro atoms. The van der Waals surface area contributed by atoms with Crippen molar-refractivity contribution in [1.82, 2.24) is 0 Å². The Morgan fingerprint density at radius 1 is 1.42 bits per heavy atom. The van der Waals surface area contributed by atoms with E-state index in [1.54, 1.807) is 18.2 Å². The standard InChI is InChI=1S/C13H20N2O4/c1-3-19-11-4-5-12(15-9(2)17)13(6-11)14-7-10(18)8-16/h4-6,10,14,16,18H,3,7-8H2,1-2H3,(H,15,17). The number of ether oxygens (including phenoxy) is 1. The maximum atomic E-state index is 11.1. The molecule has 0 aliphatic heterocycles. The fraction of sp³-hybridized carbons (Fsp3) is 0.462. The molecule has 0 aromatic heterocycles. The minimum atomic E-state index is -0.860. The van der Waals surface area contributed by atoms with Gasteiger partial charge in [-0.2, -0.15) is 0 Å². The summed E-state index contributed by atoms with van der Waals surface area (Å²) in [6, 6.07) is 5.21. The van der Waals surface area contributed by atoms with Gasteiger partial charge in [0.05, 0.1) is 30.7 Å². The van der Waals surface area contributed by atoms with Crippen molar-refractivity contribution in [2.24, 2.45) is 0 Å². The van der Waals surface area contributed by atoms with Crippen LogP contribution in [0.2, 0.25) is 0 Å². The molecule has 0 fully saturated rings. The molecule has 0 saturated heterocycles. The summed E-state index contributed by atoms with van der Waals surface area (Å²) in [5.74, 6) is 0.479. The van der Waals surface area contributed by atoms with E-state index in [1.807, 2.05) is 6.92 Å². The Hall–Kier alpha value is -1.79. The number of hydrogen-bond donors (Lipinski definition) is 4. The zero-order chi connectivity index (χ0) is 14.3. The first kappa shape index (κ1) is 15.3. The molecule has 19 heavy (non-hydrogen) atoms. The van der Waals surface area contributed by atoms with Crippen LogP contribution in [0, 0.1) is 0 Å². The second kappa shape index (κ2) is 7.60. The zero-order valence-corrected chi connectivity index (χ0v) is 11.1. The lowest BCUT2D eigenvalue weighted by molar-refractivity contribution is -0.114. The number of aliphatic hydroxyl groups excluding tert-OH is 2. The second-order valence-electron chi connectivity index (χ2n) is 4.04. The normalized spacial score (nSPS) is 11.8. The second-order valence-corrected chi connectivity index (χ2v) is 4.04. The molecule has 1 atom stereocenters. The van der Waals surface area contributed by atoms with Crippen molar-refractivity contribution in [1.29, 1.82) is 0 Å². The van der Waals surface area contributed by atoms with Crippen molar-refractivity contribution >= 4 is 17.3 Å². The average Bonchev–Trinajstić information content (AvgIpc) is 2.38. The van der Waals surface area contributed by atoms with Crippen LogP contribution < -0.4 is 15.4 Å². The molecule has 0 aliphatic rings. The number of carbonyl (C=O) groups is 1. The SMILES string of the molecule is CCOc1ccc(NC(C)=O)c(NCC(O)CO)c1. The number of amides is 1. The number of anilines is 2. The van der Waals surface area contributed by atoms with Gasteiger partial charge in [-0.1, -0.05) is 0 Å². The van der Waals surface area contributed by atoms with Crippen LogP contribution in [0.15, 0.2) is 18.2 Å². The van der Waals surface area contributed by atoms with E-state index in [2.05, 4.69) is 10.6 Å². The summed E-state index contributed by atoms with van der Waals surface area (Å²) >= 11 is 0. The fourth-order valence-electron chi connectivity index (χ4n) is 1.52. The van der Waals surface area contributed by atoms with Crippen LogP contribution in [-0.2, 0) is 4.79 Å². The molecule has 0 aliphatic carbocycles. The largest absolute Gasteiger partial charge is 0.494 e. The predicted molar refractivity (Wildman–Crippen MR) is 73.5 cm³/mol. The summed E-state index contributed by atoms with van der Waals surface area (Å²) in [7, 11) is 0. The summed E-state index contributed by atoms with van der Waals surface area (Å²) in [5, 5.41) is 23.8. The van der Waals surface area contributed by atoms with Crippen molar-refractivity contribution < 1.29 is 19.7 Å². The van der Waals surface area contributed by atoms with Crippen LogP contribution in [0.3, 0.4) is 0 Å². The minimum absolute atomic E-state index is 0.179. The topological polar surface area (TPSA) is 90.8 Å². The maximum absolute atomic E-state index is 11.1. The summed E-state index contributed by atoms with van der Waals surface area (Å²) in [4.78, 5) is 11.1. The Kier molecular flexibility index (Phi) is 6.11. The highest BCUT2D eigenvalue weighted by Gasteiger charge is 2.08. The van der Waals surface area contributed by atoms with Crippen LogP contribution in [0.4, 0.5) is 11.4 Å². The highest BCUT2D eigenvalue weighted by molar-refractivity contribution is 5.92. The lowest BCUT2D eigenvalue weighted by atomic mass is 10.2. The van der Waals surface area contributed by atoms with Gasteiger partial charge in [-0.05, 0) is 19.1 Å². The van der Waals surface area contributed by atoms with Gasteiger partial charge in [0, 0.05) is 19.5 Å². The maximum Gasteiger partial charge on any atom is 0.221 e. The summed E-state index contributed by atoms with van der Waals surface area (Å²) in [5.41, 5.74) is 1.23. The zero-order valence-electron chi connectivity index (χ0n) is 11.1. The van der Waals surface area contributed by atoms with E-state index < -0.39 is 6.10 Å². The molecule has 0 saturated carbocycles. The molecule has 1 aromatic rings. The van der Waals surface area contributed by atoms with Gasteiger partial charge in [-0.25, -0.2) is 0 Å².